The van der Waals surface area contributed by atoms with Crippen molar-refractivity contribution in [3.8, 4) is 0 Å². The van der Waals surface area contributed by atoms with E-state index in [0.717, 1.165) is 5.69 Å². The van der Waals surface area contributed by atoms with Gasteiger partial charge in [0, 0.05) is 25.9 Å². The zero-order valence-corrected chi connectivity index (χ0v) is 15.2. The van der Waals surface area contributed by atoms with E-state index in [0.29, 0.717) is 16.9 Å². The van der Waals surface area contributed by atoms with Gasteiger partial charge in [-0.25, -0.2) is 4.79 Å². The van der Waals surface area contributed by atoms with E-state index in [1.807, 2.05) is 6.92 Å². The fourth-order valence-electron chi connectivity index (χ4n) is 2.41. The average Bonchev–Trinajstić information content (AvgIpc) is 3.02. The summed E-state index contributed by atoms with van der Waals surface area (Å²) < 4.78 is 8.38. The molecule has 1 amide bonds. The molecule has 1 N–H and O–H groups in total. The molecule has 0 fully saturated rings. The van der Waals surface area contributed by atoms with Gasteiger partial charge in [-0.2, -0.15) is 5.10 Å². The van der Waals surface area contributed by atoms with Crippen molar-refractivity contribution in [2.45, 2.75) is 33.8 Å². The number of aromatic nitrogens is 3. The van der Waals surface area contributed by atoms with E-state index in [-0.39, 0.29) is 11.5 Å². The van der Waals surface area contributed by atoms with Crippen molar-refractivity contribution < 1.29 is 19.1 Å². The van der Waals surface area contributed by atoms with Crippen LogP contribution in [-0.2, 0) is 23.6 Å². The Morgan fingerprint density at radius 1 is 1.24 bits per heavy atom. The molecule has 0 spiro atoms. The molecule has 2 aromatic rings. The van der Waals surface area contributed by atoms with Crippen molar-refractivity contribution in [1.29, 1.82) is 0 Å². The minimum Gasteiger partial charge on any atom is -0.448 e. The van der Waals surface area contributed by atoms with Crippen LogP contribution in [0.3, 0.4) is 0 Å². The molecule has 0 aliphatic heterocycles. The number of Topliss-reactive ketones (excluding diaryl/α,β-unsaturated/α-hetero) is 1. The molecule has 0 aliphatic carbocycles. The van der Waals surface area contributed by atoms with Gasteiger partial charge in [-0.05, 0) is 33.8 Å². The first-order valence-corrected chi connectivity index (χ1v) is 7.81. The van der Waals surface area contributed by atoms with Crippen molar-refractivity contribution in [3.63, 3.8) is 0 Å². The lowest BCUT2D eigenvalue weighted by Crippen LogP contribution is -2.30. The van der Waals surface area contributed by atoms with Gasteiger partial charge in [-0.3, -0.25) is 14.3 Å². The molecule has 134 valence electrons. The predicted octanol–water partition coefficient (Wildman–Crippen LogP) is 1.76. The van der Waals surface area contributed by atoms with E-state index < -0.39 is 18.0 Å². The maximum absolute atomic E-state index is 12.3. The van der Waals surface area contributed by atoms with Crippen molar-refractivity contribution in [3.05, 3.63) is 34.9 Å². The predicted molar refractivity (Wildman–Crippen MR) is 91.6 cm³/mol. The first kappa shape index (κ1) is 18.4. The summed E-state index contributed by atoms with van der Waals surface area (Å²) in [5.74, 6) is -1.27. The lowest BCUT2D eigenvalue weighted by molar-refractivity contribution is -0.123. The third kappa shape index (κ3) is 3.78. The molecule has 8 nitrogen and oxygen atoms in total. The molecule has 0 saturated heterocycles. The van der Waals surface area contributed by atoms with Crippen LogP contribution in [0.5, 0.6) is 0 Å². The molecule has 8 heteroatoms. The molecule has 0 radical (unpaired) electrons. The topological polar surface area (TPSA) is 95.2 Å². The number of esters is 1. The molecular formula is C17H22N4O4. The van der Waals surface area contributed by atoms with Gasteiger partial charge in [-0.15, -0.1) is 0 Å². The van der Waals surface area contributed by atoms with Crippen LogP contribution in [0.1, 0.15) is 46.1 Å². The molecule has 2 aromatic heterocycles. The van der Waals surface area contributed by atoms with E-state index >= 15 is 0 Å². The Bertz CT molecular complexity index is 847. The maximum Gasteiger partial charge on any atom is 0.355 e. The highest BCUT2D eigenvalue weighted by Crippen LogP contribution is 2.19. The quantitative estimate of drug-likeness (QED) is 0.657. The number of ketones is 1. The normalized spacial score (nSPS) is 11.9. The van der Waals surface area contributed by atoms with Crippen LogP contribution >= 0.6 is 0 Å². The second-order valence-electron chi connectivity index (χ2n) is 5.99. The Morgan fingerprint density at radius 3 is 2.36 bits per heavy atom. The lowest BCUT2D eigenvalue weighted by atomic mass is 10.2. The van der Waals surface area contributed by atoms with Crippen LogP contribution in [0.4, 0.5) is 5.69 Å². The Hall–Kier alpha value is -2.90. The number of nitrogens with one attached hydrogen (secondary N) is 1. The maximum atomic E-state index is 12.3. The largest absolute Gasteiger partial charge is 0.448 e. The third-order valence-electron chi connectivity index (χ3n) is 4.03. The number of nitrogens with zero attached hydrogens (tertiary/aromatic N) is 3. The molecule has 0 bridgehead atoms. The number of rotatable bonds is 5. The van der Waals surface area contributed by atoms with Crippen molar-refractivity contribution in [1.82, 2.24) is 14.3 Å². The summed E-state index contributed by atoms with van der Waals surface area (Å²) in [4.78, 5) is 36.0. The third-order valence-corrected chi connectivity index (χ3v) is 4.03. The van der Waals surface area contributed by atoms with Gasteiger partial charge < -0.3 is 14.6 Å². The molecule has 0 aliphatic rings. The second-order valence-corrected chi connectivity index (χ2v) is 5.99. The van der Waals surface area contributed by atoms with Crippen molar-refractivity contribution in [2.24, 2.45) is 14.1 Å². The first-order valence-electron chi connectivity index (χ1n) is 7.81. The van der Waals surface area contributed by atoms with Crippen LogP contribution in [0.2, 0.25) is 0 Å². The summed E-state index contributed by atoms with van der Waals surface area (Å²) in [6.07, 6.45) is 0.550. The van der Waals surface area contributed by atoms with E-state index in [1.54, 1.807) is 31.9 Å². The van der Waals surface area contributed by atoms with E-state index in [4.69, 9.17) is 4.74 Å². The fourth-order valence-corrected chi connectivity index (χ4v) is 2.41. The Balaban J connectivity index is 2.08. The molecule has 2 rings (SSSR count). The average molecular weight is 346 g/mol. The number of ether oxygens (including phenoxy) is 1. The van der Waals surface area contributed by atoms with Crippen LogP contribution in [-0.4, -0.2) is 38.1 Å². The van der Waals surface area contributed by atoms with Gasteiger partial charge >= 0.3 is 5.97 Å². The summed E-state index contributed by atoms with van der Waals surface area (Å²) in [6, 6.07) is 1.45. The number of carbonyl (C=O) groups is 3. The van der Waals surface area contributed by atoms with Gasteiger partial charge in [0.25, 0.3) is 5.91 Å². The molecule has 2 heterocycles. The summed E-state index contributed by atoms with van der Waals surface area (Å²) in [5, 5.41) is 6.95. The van der Waals surface area contributed by atoms with Crippen LogP contribution in [0.15, 0.2) is 12.3 Å². The number of hydrogen-bond donors (Lipinski definition) is 1. The van der Waals surface area contributed by atoms with Crippen LogP contribution in [0.25, 0.3) is 0 Å². The molecule has 0 saturated carbocycles. The molecule has 25 heavy (non-hydrogen) atoms. The first-order chi connectivity index (χ1) is 11.6. The zero-order valence-electron chi connectivity index (χ0n) is 15.2. The number of aryl methyl sites for hydroxylation is 3. The molecule has 0 unspecified atom stereocenters. The monoisotopic (exact) mass is 346 g/mol. The summed E-state index contributed by atoms with van der Waals surface area (Å²) in [7, 11) is 3.42. The Kier molecular flexibility index (Phi) is 5.10. The van der Waals surface area contributed by atoms with Crippen LogP contribution < -0.4 is 5.32 Å². The summed E-state index contributed by atoms with van der Waals surface area (Å²) in [5.41, 5.74) is 2.71. The molecule has 1 atom stereocenters. The number of anilines is 1. The highest BCUT2D eigenvalue weighted by molar-refractivity contribution is 6.00. The minimum atomic E-state index is -0.998. The van der Waals surface area contributed by atoms with E-state index in [2.05, 4.69) is 10.4 Å². The van der Waals surface area contributed by atoms with Gasteiger partial charge in [-0.1, -0.05) is 0 Å². The second kappa shape index (κ2) is 6.92. The van der Waals surface area contributed by atoms with Gasteiger partial charge in [0.05, 0.1) is 17.1 Å². The van der Waals surface area contributed by atoms with Crippen molar-refractivity contribution >= 4 is 23.3 Å². The minimum absolute atomic E-state index is 0.150. The van der Waals surface area contributed by atoms with Crippen LogP contribution in [0, 0.1) is 13.8 Å². The molecular weight excluding hydrogens is 324 g/mol. The highest BCUT2D eigenvalue weighted by atomic mass is 16.5. The Morgan fingerprint density at radius 2 is 1.88 bits per heavy atom. The number of carbonyl (C=O) groups excluding carboxylic acids is 3. The van der Waals surface area contributed by atoms with E-state index in [9.17, 15) is 14.4 Å². The Labute approximate surface area is 145 Å². The summed E-state index contributed by atoms with van der Waals surface area (Å²) in [6.45, 7) is 6.52. The SMILES string of the molecule is CC(=O)c1cc(C(=O)O[C@@H](C)C(=O)Nc2c(C)nn(C)c2C)n(C)c1. The van der Waals surface area contributed by atoms with Crippen molar-refractivity contribution in [2.75, 3.05) is 5.32 Å². The van der Waals surface area contributed by atoms with Gasteiger partial charge in [0.2, 0.25) is 0 Å². The number of hydrogen-bond acceptors (Lipinski definition) is 5. The summed E-state index contributed by atoms with van der Waals surface area (Å²) >= 11 is 0. The lowest BCUT2D eigenvalue weighted by Gasteiger charge is -2.14. The molecule has 0 aromatic carbocycles. The smallest absolute Gasteiger partial charge is 0.355 e. The van der Waals surface area contributed by atoms with Gasteiger partial charge in [0.15, 0.2) is 11.9 Å². The van der Waals surface area contributed by atoms with E-state index in [1.165, 1.54) is 24.5 Å². The highest BCUT2D eigenvalue weighted by Gasteiger charge is 2.23. The number of amides is 1. The fraction of sp³-hybridized carbons (Fsp3) is 0.412. The zero-order chi connectivity index (χ0) is 18.9. The standard InChI is InChI=1S/C17H22N4O4/c1-9-15(10(2)21(6)19-9)18-16(23)12(4)25-17(24)14-7-13(11(3)22)8-20(14)5/h7-8,12H,1-6H3,(H,18,23)/t12-/m0/s1. The van der Waals surface area contributed by atoms with Gasteiger partial charge in [0.1, 0.15) is 5.69 Å².